The monoisotopic (exact) mass is 328 g/mol. The number of hydrogen-bond acceptors (Lipinski definition) is 3. The van der Waals surface area contributed by atoms with Crippen LogP contribution < -0.4 is 5.56 Å². The summed E-state index contributed by atoms with van der Waals surface area (Å²) in [6.07, 6.45) is 7.32. The normalized spacial score (nSPS) is 13.2. The van der Waals surface area contributed by atoms with Gasteiger partial charge in [-0.3, -0.25) is 4.79 Å². The average molecular weight is 329 g/mol. The van der Waals surface area contributed by atoms with Crippen molar-refractivity contribution >= 4 is 23.0 Å². The molecule has 7 heteroatoms. The highest BCUT2D eigenvalue weighted by atomic mass is 35.5. The van der Waals surface area contributed by atoms with Crippen molar-refractivity contribution in [2.24, 2.45) is 0 Å². The molecule has 0 unspecified atom stereocenters. The van der Waals surface area contributed by atoms with E-state index in [1.54, 1.807) is 6.07 Å². The Morgan fingerprint density at radius 3 is 2.87 bits per heavy atom. The van der Waals surface area contributed by atoms with Gasteiger partial charge in [0, 0.05) is 12.0 Å². The van der Waals surface area contributed by atoms with E-state index in [0.29, 0.717) is 23.5 Å². The lowest BCUT2D eigenvalue weighted by Gasteiger charge is -2.13. The Labute approximate surface area is 134 Å². The van der Waals surface area contributed by atoms with Crippen LogP contribution in [0.5, 0.6) is 0 Å². The Morgan fingerprint density at radius 1 is 1.35 bits per heavy atom. The molecule has 23 heavy (non-hydrogen) atoms. The summed E-state index contributed by atoms with van der Waals surface area (Å²) in [4.78, 5) is 19.8. The summed E-state index contributed by atoms with van der Waals surface area (Å²) in [5.74, 6) is -0.104. The maximum Gasteiger partial charge on any atom is 0.279 e. The van der Waals surface area contributed by atoms with Crippen molar-refractivity contribution in [1.82, 2.24) is 19.6 Å². The van der Waals surface area contributed by atoms with Crippen LogP contribution in [0.15, 0.2) is 47.5 Å². The smallest absolute Gasteiger partial charge is 0.279 e. The van der Waals surface area contributed by atoms with Gasteiger partial charge in [0.15, 0.2) is 0 Å². The van der Waals surface area contributed by atoms with Gasteiger partial charge < -0.3 is 4.98 Å². The summed E-state index contributed by atoms with van der Waals surface area (Å²) >= 11 is 5.83. The molecule has 0 aliphatic heterocycles. The fraction of sp³-hybridized carbons (Fsp3) is 0.0625. The standard InChI is InChI=1S/C16H10ClFN4O/c17-12-7-9(4-5-13(12)18)6-11-14(10-2-1-3-10)21-16-19-8-20-22(16)15(11)23/h1-5,7-8H,6H2,(H,19,20,21). The first-order valence-corrected chi connectivity index (χ1v) is 7.29. The van der Waals surface area contributed by atoms with E-state index in [1.165, 1.54) is 23.0 Å². The SMILES string of the molecule is O=c1c(Cc2ccc(F)c(Cl)c2)c(C2=CC=C2)[nH]c2ncnn12. The van der Waals surface area contributed by atoms with Crippen molar-refractivity contribution in [2.45, 2.75) is 6.42 Å². The summed E-state index contributed by atoms with van der Waals surface area (Å²) in [6.45, 7) is 0. The zero-order valence-electron chi connectivity index (χ0n) is 11.8. The van der Waals surface area contributed by atoms with Gasteiger partial charge in [0.25, 0.3) is 5.56 Å². The van der Waals surface area contributed by atoms with Crippen LogP contribution in [0.4, 0.5) is 4.39 Å². The van der Waals surface area contributed by atoms with Crippen LogP contribution in [0.1, 0.15) is 16.8 Å². The number of aromatic nitrogens is 4. The van der Waals surface area contributed by atoms with E-state index in [2.05, 4.69) is 15.1 Å². The molecule has 0 spiro atoms. The summed E-state index contributed by atoms with van der Waals surface area (Å²) in [5, 5.41) is 3.97. The minimum atomic E-state index is -0.485. The second-order valence-electron chi connectivity index (χ2n) is 5.19. The van der Waals surface area contributed by atoms with Crippen LogP contribution in [-0.4, -0.2) is 19.6 Å². The topological polar surface area (TPSA) is 63.0 Å². The molecule has 1 aromatic carbocycles. The van der Waals surface area contributed by atoms with Crippen molar-refractivity contribution in [3.63, 3.8) is 0 Å². The van der Waals surface area contributed by atoms with Crippen molar-refractivity contribution in [2.75, 3.05) is 0 Å². The largest absolute Gasteiger partial charge is 0.323 e. The third-order valence-electron chi connectivity index (χ3n) is 3.74. The van der Waals surface area contributed by atoms with Gasteiger partial charge in [-0.15, -0.1) is 0 Å². The average Bonchev–Trinajstić information content (AvgIpc) is 2.93. The highest BCUT2D eigenvalue weighted by Gasteiger charge is 2.17. The van der Waals surface area contributed by atoms with E-state index in [0.717, 1.165) is 11.1 Å². The number of rotatable bonds is 3. The predicted octanol–water partition coefficient (Wildman–Crippen LogP) is 2.75. The molecular formula is C16H10ClFN4O. The van der Waals surface area contributed by atoms with Gasteiger partial charge in [-0.2, -0.15) is 14.6 Å². The van der Waals surface area contributed by atoms with Crippen LogP contribution in [0.25, 0.3) is 11.4 Å². The van der Waals surface area contributed by atoms with Crippen LogP contribution in [0.3, 0.4) is 0 Å². The van der Waals surface area contributed by atoms with E-state index in [4.69, 9.17) is 11.6 Å². The number of H-pyrrole nitrogens is 1. The second-order valence-corrected chi connectivity index (χ2v) is 5.59. The molecule has 1 N–H and O–H groups in total. The van der Waals surface area contributed by atoms with Gasteiger partial charge in [0.05, 0.1) is 10.7 Å². The number of aromatic amines is 1. The lowest BCUT2D eigenvalue weighted by Crippen LogP contribution is -2.23. The molecule has 5 nitrogen and oxygen atoms in total. The van der Waals surface area contributed by atoms with Gasteiger partial charge in [-0.1, -0.05) is 35.9 Å². The minimum Gasteiger partial charge on any atom is -0.323 e. The Morgan fingerprint density at radius 2 is 2.17 bits per heavy atom. The number of hydrogen-bond donors (Lipinski definition) is 1. The Balaban J connectivity index is 1.88. The summed E-state index contributed by atoms with van der Waals surface area (Å²) < 4.78 is 14.5. The van der Waals surface area contributed by atoms with E-state index in [-0.39, 0.29) is 10.6 Å². The molecular weight excluding hydrogens is 319 g/mol. The molecule has 4 rings (SSSR count). The van der Waals surface area contributed by atoms with Gasteiger partial charge in [-0.05, 0) is 23.3 Å². The lowest BCUT2D eigenvalue weighted by molar-refractivity contribution is 0.627. The first kappa shape index (κ1) is 13.9. The number of halogens is 2. The van der Waals surface area contributed by atoms with Crippen LogP contribution in [0.2, 0.25) is 5.02 Å². The number of nitrogens with one attached hydrogen (secondary N) is 1. The van der Waals surface area contributed by atoms with Gasteiger partial charge in [-0.25, -0.2) is 4.39 Å². The lowest BCUT2D eigenvalue weighted by atomic mass is 9.97. The van der Waals surface area contributed by atoms with Crippen molar-refractivity contribution in [3.8, 4) is 0 Å². The number of benzene rings is 1. The molecule has 2 heterocycles. The van der Waals surface area contributed by atoms with Crippen molar-refractivity contribution in [1.29, 1.82) is 0 Å². The highest BCUT2D eigenvalue weighted by molar-refractivity contribution is 6.30. The Hall–Kier alpha value is -2.73. The zero-order valence-corrected chi connectivity index (χ0v) is 12.5. The molecule has 0 radical (unpaired) electrons. The van der Waals surface area contributed by atoms with Gasteiger partial charge in [0.2, 0.25) is 5.78 Å². The molecule has 0 amide bonds. The number of nitrogens with zero attached hydrogens (tertiary/aromatic N) is 3. The molecule has 0 saturated carbocycles. The van der Waals surface area contributed by atoms with Crippen molar-refractivity contribution < 1.29 is 4.39 Å². The van der Waals surface area contributed by atoms with E-state index >= 15 is 0 Å². The third kappa shape index (κ3) is 2.27. The fourth-order valence-corrected chi connectivity index (χ4v) is 2.72. The highest BCUT2D eigenvalue weighted by Crippen LogP contribution is 2.25. The first-order valence-electron chi connectivity index (χ1n) is 6.91. The Bertz CT molecular complexity index is 1050. The molecule has 1 aliphatic rings. The van der Waals surface area contributed by atoms with E-state index in [9.17, 15) is 9.18 Å². The maximum atomic E-state index is 13.3. The molecule has 0 bridgehead atoms. The molecule has 2 aromatic heterocycles. The maximum absolute atomic E-state index is 13.3. The zero-order chi connectivity index (χ0) is 16.0. The minimum absolute atomic E-state index is 0.0325. The number of allylic oxidation sites excluding steroid dienone is 4. The Kier molecular flexibility index (Phi) is 3.12. The van der Waals surface area contributed by atoms with E-state index < -0.39 is 5.82 Å². The van der Waals surface area contributed by atoms with Crippen LogP contribution >= 0.6 is 11.6 Å². The summed E-state index contributed by atoms with van der Waals surface area (Å²) in [7, 11) is 0. The fourth-order valence-electron chi connectivity index (χ4n) is 2.52. The second kappa shape index (κ2) is 5.17. The molecule has 0 fully saturated rings. The molecule has 0 atom stereocenters. The first-order chi connectivity index (χ1) is 11.1. The van der Waals surface area contributed by atoms with Gasteiger partial charge >= 0.3 is 0 Å². The third-order valence-corrected chi connectivity index (χ3v) is 4.03. The molecule has 1 aliphatic carbocycles. The number of fused-ring (bicyclic) bond motifs is 1. The van der Waals surface area contributed by atoms with Crippen molar-refractivity contribution in [3.05, 3.63) is 80.8 Å². The molecule has 0 saturated heterocycles. The quantitative estimate of drug-likeness (QED) is 0.804. The molecule has 3 aromatic rings. The molecule has 114 valence electrons. The van der Waals surface area contributed by atoms with Crippen LogP contribution in [0, 0.1) is 5.82 Å². The van der Waals surface area contributed by atoms with E-state index in [1.807, 2.05) is 18.2 Å². The summed E-state index contributed by atoms with van der Waals surface area (Å²) in [5.41, 5.74) is 2.62. The predicted molar refractivity (Wildman–Crippen MR) is 84.9 cm³/mol. The van der Waals surface area contributed by atoms with Gasteiger partial charge in [0.1, 0.15) is 12.1 Å². The summed E-state index contributed by atoms with van der Waals surface area (Å²) in [6, 6.07) is 4.43. The van der Waals surface area contributed by atoms with Crippen LogP contribution in [-0.2, 0) is 6.42 Å².